The number of rotatable bonds is 7. The van der Waals surface area contributed by atoms with Gasteiger partial charge in [0, 0.05) is 44.6 Å². The van der Waals surface area contributed by atoms with Crippen LogP contribution in [0.5, 0.6) is 0 Å². The number of halogens is 2. The number of benzene rings is 1. The van der Waals surface area contributed by atoms with Crippen molar-refractivity contribution in [2.45, 2.75) is 6.92 Å². The van der Waals surface area contributed by atoms with Crippen molar-refractivity contribution in [1.29, 1.82) is 0 Å². The van der Waals surface area contributed by atoms with Crippen LogP contribution in [0, 0.1) is 6.92 Å². The van der Waals surface area contributed by atoms with Gasteiger partial charge in [-0.2, -0.15) is 5.10 Å². The van der Waals surface area contributed by atoms with Crippen molar-refractivity contribution >= 4 is 35.1 Å². The maximum atomic E-state index is 5.84. The highest BCUT2D eigenvalue weighted by Crippen LogP contribution is 2.21. The zero-order chi connectivity index (χ0) is 14.3. The van der Waals surface area contributed by atoms with Crippen molar-refractivity contribution in [2.75, 3.05) is 43.8 Å². The van der Waals surface area contributed by atoms with Gasteiger partial charge in [-0.1, -0.05) is 6.07 Å². The molecule has 0 aromatic heterocycles. The van der Waals surface area contributed by atoms with Crippen LogP contribution in [0.25, 0.3) is 0 Å². The summed E-state index contributed by atoms with van der Waals surface area (Å²) in [5.41, 5.74) is 3.48. The van der Waals surface area contributed by atoms with Crippen LogP contribution in [0.1, 0.15) is 11.1 Å². The molecule has 106 valence electrons. The van der Waals surface area contributed by atoms with E-state index < -0.39 is 0 Å². The van der Waals surface area contributed by atoms with Crippen LogP contribution < -0.4 is 4.90 Å². The summed E-state index contributed by atoms with van der Waals surface area (Å²) in [4.78, 5) is 2.21. The van der Waals surface area contributed by atoms with Crippen LogP contribution in [0.2, 0.25) is 0 Å². The Bertz CT molecular complexity index is 413. The molecule has 3 nitrogen and oxygen atoms in total. The lowest BCUT2D eigenvalue weighted by Crippen LogP contribution is -2.28. The van der Waals surface area contributed by atoms with E-state index in [0.717, 1.165) is 18.7 Å². The highest BCUT2D eigenvalue weighted by atomic mass is 35.5. The van der Waals surface area contributed by atoms with E-state index in [1.165, 1.54) is 11.3 Å². The summed E-state index contributed by atoms with van der Waals surface area (Å²) in [6.45, 7) is 3.71. The zero-order valence-electron chi connectivity index (χ0n) is 11.7. The molecule has 19 heavy (non-hydrogen) atoms. The molecule has 0 amide bonds. The lowest BCUT2D eigenvalue weighted by molar-refractivity contribution is 0.440. The lowest BCUT2D eigenvalue weighted by atomic mass is 10.1. The molecule has 0 aliphatic rings. The molecule has 0 unspecified atom stereocenters. The molecule has 5 heteroatoms. The van der Waals surface area contributed by atoms with Crippen molar-refractivity contribution in [3.63, 3.8) is 0 Å². The summed E-state index contributed by atoms with van der Waals surface area (Å²) in [7, 11) is 3.81. The maximum Gasteiger partial charge on any atom is 0.0542 e. The van der Waals surface area contributed by atoms with Crippen LogP contribution in [0.15, 0.2) is 23.3 Å². The van der Waals surface area contributed by atoms with Gasteiger partial charge in [0.05, 0.1) is 6.21 Å². The summed E-state index contributed by atoms with van der Waals surface area (Å²) in [6.07, 6.45) is 1.85. The molecule has 1 aromatic carbocycles. The maximum absolute atomic E-state index is 5.84. The Morgan fingerprint density at radius 1 is 1.16 bits per heavy atom. The minimum absolute atomic E-state index is 0.597. The first-order valence-electron chi connectivity index (χ1n) is 6.27. The predicted octanol–water partition coefficient (Wildman–Crippen LogP) is 3.17. The third-order valence-electron chi connectivity index (χ3n) is 2.71. The molecule has 0 saturated heterocycles. The molecular formula is C14H21Cl2N3. The van der Waals surface area contributed by atoms with E-state index >= 15 is 0 Å². The molecule has 0 radical (unpaired) electrons. The Balaban J connectivity index is 2.91. The van der Waals surface area contributed by atoms with Gasteiger partial charge in [-0.15, -0.1) is 23.2 Å². The first-order valence-corrected chi connectivity index (χ1v) is 7.34. The van der Waals surface area contributed by atoms with E-state index in [0.29, 0.717) is 11.8 Å². The summed E-state index contributed by atoms with van der Waals surface area (Å²) in [5, 5.41) is 6.01. The molecule has 0 saturated carbocycles. The van der Waals surface area contributed by atoms with Gasteiger partial charge in [0.25, 0.3) is 0 Å². The first kappa shape index (κ1) is 16.1. The largest absolute Gasteiger partial charge is 0.369 e. The highest BCUT2D eigenvalue weighted by Gasteiger charge is 2.08. The van der Waals surface area contributed by atoms with Gasteiger partial charge in [0.15, 0.2) is 0 Å². The van der Waals surface area contributed by atoms with E-state index in [9.17, 15) is 0 Å². The number of nitrogens with zero attached hydrogens (tertiary/aromatic N) is 3. The van der Waals surface area contributed by atoms with Gasteiger partial charge in [0.1, 0.15) is 0 Å². The van der Waals surface area contributed by atoms with Gasteiger partial charge in [-0.05, 0) is 30.2 Å². The van der Waals surface area contributed by atoms with Crippen molar-refractivity contribution in [3.05, 3.63) is 29.3 Å². The second-order valence-corrected chi connectivity index (χ2v) is 5.26. The second-order valence-electron chi connectivity index (χ2n) is 4.50. The number of hydrogen-bond donors (Lipinski definition) is 0. The summed E-state index contributed by atoms with van der Waals surface area (Å²) < 4.78 is 0. The number of hydrazone groups is 1. The molecule has 0 fully saturated rings. The molecule has 0 heterocycles. The minimum Gasteiger partial charge on any atom is -0.369 e. The first-order chi connectivity index (χ1) is 9.08. The van der Waals surface area contributed by atoms with Crippen LogP contribution in [0.3, 0.4) is 0 Å². The number of anilines is 1. The van der Waals surface area contributed by atoms with E-state index in [4.69, 9.17) is 23.2 Å². The number of hydrogen-bond acceptors (Lipinski definition) is 3. The average molecular weight is 302 g/mol. The van der Waals surface area contributed by atoms with Gasteiger partial charge in [0.2, 0.25) is 0 Å². The van der Waals surface area contributed by atoms with E-state index in [-0.39, 0.29) is 0 Å². The van der Waals surface area contributed by atoms with E-state index in [2.05, 4.69) is 35.1 Å². The molecule has 0 atom stereocenters. The van der Waals surface area contributed by atoms with E-state index in [1.807, 2.05) is 20.3 Å². The summed E-state index contributed by atoms with van der Waals surface area (Å²) >= 11 is 11.7. The van der Waals surface area contributed by atoms with Crippen LogP contribution in [-0.2, 0) is 0 Å². The smallest absolute Gasteiger partial charge is 0.0542 e. The summed E-state index contributed by atoms with van der Waals surface area (Å²) in [6, 6.07) is 6.29. The zero-order valence-corrected chi connectivity index (χ0v) is 13.2. The van der Waals surface area contributed by atoms with Crippen LogP contribution in [-0.4, -0.2) is 50.2 Å². The normalized spacial score (nSPS) is 11.0. The quantitative estimate of drug-likeness (QED) is 0.438. The van der Waals surface area contributed by atoms with Crippen molar-refractivity contribution in [2.24, 2.45) is 5.10 Å². The number of aryl methyl sites for hydroxylation is 1. The van der Waals surface area contributed by atoms with Gasteiger partial charge in [-0.3, -0.25) is 0 Å². The highest BCUT2D eigenvalue weighted by molar-refractivity contribution is 6.18. The Morgan fingerprint density at radius 2 is 1.79 bits per heavy atom. The molecular weight excluding hydrogens is 281 g/mol. The van der Waals surface area contributed by atoms with Crippen molar-refractivity contribution in [1.82, 2.24) is 5.01 Å². The molecule has 1 rings (SSSR count). The van der Waals surface area contributed by atoms with Crippen molar-refractivity contribution in [3.8, 4) is 0 Å². The number of alkyl halides is 2. The average Bonchev–Trinajstić information content (AvgIpc) is 2.36. The fourth-order valence-electron chi connectivity index (χ4n) is 1.85. The van der Waals surface area contributed by atoms with Crippen molar-refractivity contribution < 1.29 is 0 Å². The fourth-order valence-corrected chi connectivity index (χ4v) is 2.26. The molecule has 0 bridgehead atoms. The third kappa shape index (κ3) is 5.29. The Labute approximate surface area is 125 Å². The lowest BCUT2D eigenvalue weighted by Gasteiger charge is -2.25. The van der Waals surface area contributed by atoms with Gasteiger partial charge < -0.3 is 9.91 Å². The monoisotopic (exact) mass is 301 g/mol. The summed E-state index contributed by atoms with van der Waals surface area (Å²) in [5.74, 6) is 1.19. The Kier molecular flexibility index (Phi) is 7.03. The minimum atomic E-state index is 0.597. The third-order valence-corrected chi connectivity index (χ3v) is 3.05. The van der Waals surface area contributed by atoms with Gasteiger partial charge in [-0.25, -0.2) is 0 Å². The topological polar surface area (TPSA) is 18.8 Å². The Morgan fingerprint density at radius 3 is 2.26 bits per heavy atom. The molecule has 0 aliphatic carbocycles. The van der Waals surface area contributed by atoms with Crippen LogP contribution in [0.4, 0.5) is 5.69 Å². The fraction of sp³-hybridized carbons (Fsp3) is 0.500. The molecule has 0 spiro atoms. The predicted molar refractivity (Wildman–Crippen MR) is 86.1 cm³/mol. The van der Waals surface area contributed by atoms with Crippen LogP contribution >= 0.6 is 23.2 Å². The Hall–Kier alpha value is -0.930. The second kappa shape index (κ2) is 8.28. The standard InChI is InChI=1S/C14H21Cl2N3/c1-12-10-13(11-17-18(2)3)4-5-14(12)19(8-6-15)9-7-16/h4-5,10-11H,6-9H2,1-3H3/b17-11-. The molecule has 0 aliphatic heterocycles. The van der Waals surface area contributed by atoms with E-state index in [1.54, 1.807) is 5.01 Å². The van der Waals surface area contributed by atoms with Gasteiger partial charge >= 0.3 is 0 Å². The molecule has 0 N–H and O–H groups in total. The molecule has 1 aromatic rings. The SMILES string of the molecule is Cc1cc(/C=N\N(C)C)ccc1N(CCCl)CCCl.